The number of benzene rings is 2. The zero-order valence-electron chi connectivity index (χ0n) is 17.5. The normalized spacial score (nSPS) is 22.5. The summed E-state index contributed by atoms with van der Waals surface area (Å²) in [5.74, 6) is 0.637. The number of likely N-dealkylation sites (tertiary alicyclic amines) is 1. The predicted octanol–water partition coefficient (Wildman–Crippen LogP) is 4.80. The summed E-state index contributed by atoms with van der Waals surface area (Å²) in [6.07, 6.45) is 3.03. The van der Waals surface area contributed by atoms with Crippen LogP contribution in [0.2, 0.25) is 0 Å². The van der Waals surface area contributed by atoms with E-state index in [1.165, 1.54) is 6.92 Å². The molecule has 2 aliphatic rings. The predicted molar refractivity (Wildman–Crippen MR) is 120 cm³/mol. The lowest BCUT2D eigenvalue weighted by Crippen LogP contribution is -2.50. The van der Waals surface area contributed by atoms with E-state index in [0.717, 1.165) is 30.4 Å². The molecule has 0 aromatic heterocycles. The van der Waals surface area contributed by atoms with Crippen LogP contribution in [0.1, 0.15) is 61.3 Å². The van der Waals surface area contributed by atoms with Crippen LogP contribution in [0.4, 0.5) is 4.79 Å². The molecule has 7 nitrogen and oxygen atoms in total. The zero-order valence-corrected chi connectivity index (χ0v) is 17.5. The minimum absolute atomic E-state index is 0.0110. The first kappa shape index (κ1) is 20.8. The van der Waals surface area contributed by atoms with Gasteiger partial charge >= 0.3 is 6.03 Å². The number of nitrogens with zero attached hydrogens (tertiary/aromatic N) is 1. The van der Waals surface area contributed by atoms with Gasteiger partial charge in [-0.25, -0.2) is 4.79 Å². The summed E-state index contributed by atoms with van der Waals surface area (Å²) < 4.78 is 5.09. The molecule has 1 heterocycles. The van der Waals surface area contributed by atoms with Crippen molar-refractivity contribution in [1.82, 2.24) is 10.2 Å². The summed E-state index contributed by atoms with van der Waals surface area (Å²) in [6.45, 7) is 1.50. The Hall–Kier alpha value is -3.48. The fraction of sp³-hybridized carbons (Fsp3) is 0.333. The number of carbonyl (C=O) groups is 1. The molecular formula is C24H27N5O2. The molecule has 1 aliphatic carbocycles. The Labute approximate surface area is 181 Å². The van der Waals surface area contributed by atoms with Gasteiger partial charge in [0.15, 0.2) is 5.90 Å². The van der Waals surface area contributed by atoms with Crippen molar-refractivity contribution in [3.63, 3.8) is 0 Å². The van der Waals surface area contributed by atoms with Gasteiger partial charge in [0.1, 0.15) is 5.84 Å². The first-order valence-electron chi connectivity index (χ1n) is 10.6. The Balaban J connectivity index is 1.36. The Bertz CT molecular complexity index is 1010. The van der Waals surface area contributed by atoms with Crippen LogP contribution in [0, 0.1) is 16.2 Å². The van der Waals surface area contributed by atoms with Gasteiger partial charge in [-0.2, -0.15) is 0 Å². The smallest absolute Gasteiger partial charge is 0.323 e. The molecule has 160 valence electrons. The molecule has 1 aliphatic heterocycles. The molecule has 1 saturated carbocycles. The van der Waals surface area contributed by atoms with E-state index in [4.69, 9.17) is 21.0 Å². The minimum atomic E-state index is -0.190. The van der Waals surface area contributed by atoms with Gasteiger partial charge in [-0.05, 0) is 48.4 Å². The zero-order chi connectivity index (χ0) is 22.0. The number of urea groups is 1. The van der Waals surface area contributed by atoms with E-state index in [9.17, 15) is 4.79 Å². The van der Waals surface area contributed by atoms with Crippen molar-refractivity contribution in [2.75, 3.05) is 0 Å². The second-order valence-electron chi connectivity index (χ2n) is 8.21. The first-order chi connectivity index (χ1) is 14.9. The molecule has 4 rings (SSSR count). The Morgan fingerprint density at radius 1 is 1.06 bits per heavy atom. The molecule has 0 bridgehead atoms. The third-order valence-corrected chi connectivity index (χ3v) is 6.00. The van der Waals surface area contributed by atoms with E-state index in [0.29, 0.717) is 23.7 Å². The molecule has 2 amide bonds. The summed E-state index contributed by atoms with van der Waals surface area (Å²) in [5.41, 5.74) is 2.82. The highest BCUT2D eigenvalue weighted by Gasteiger charge is 2.38. The standard InChI is InChI=1S/C24H27N5O2/c1-15(25)31-23(27)18-9-5-8-17(12-18)19-13-20(14-19)28-24(30)29-21(10-11-22(29)26)16-6-3-2-4-7-16/h2-9,12,19-21,25-27H,10-11,13-14H2,1H3,(H,28,30). The number of hydrogen-bond donors (Lipinski definition) is 4. The fourth-order valence-corrected chi connectivity index (χ4v) is 4.36. The maximum atomic E-state index is 12.9. The summed E-state index contributed by atoms with van der Waals surface area (Å²) in [7, 11) is 0. The first-order valence-corrected chi connectivity index (χ1v) is 10.6. The quantitative estimate of drug-likeness (QED) is 0.423. The molecule has 1 atom stereocenters. The van der Waals surface area contributed by atoms with Crippen molar-refractivity contribution in [1.29, 1.82) is 16.2 Å². The van der Waals surface area contributed by atoms with E-state index in [2.05, 4.69) is 5.32 Å². The van der Waals surface area contributed by atoms with Crippen LogP contribution in [-0.4, -0.2) is 34.6 Å². The largest absolute Gasteiger partial charge is 0.426 e. The van der Waals surface area contributed by atoms with Crippen LogP contribution < -0.4 is 5.32 Å². The summed E-state index contributed by atoms with van der Waals surface area (Å²) in [4.78, 5) is 14.5. The van der Waals surface area contributed by atoms with Crippen molar-refractivity contribution in [3.8, 4) is 0 Å². The maximum Gasteiger partial charge on any atom is 0.323 e. The number of hydrogen-bond acceptors (Lipinski definition) is 5. The van der Waals surface area contributed by atoms with Crippen molar-refractivity contribution in [2.24, 2.45) is 0 Å². The third kappa shape index (κ3) is 4.50. The molecule has 4 N–H and O–H groups in total. The molecule has 2 aromatic carbocycles. The summed E-state index contributed by atoms with van der Waals surface area (Å²) >= 11 is 0. The highest BCUT2D eigenvalue weighted by atomic mass is 16.5. The maximum absolute atomic E-state index is 12.9. The van der Waals surface area contributed by atoms with Crippen LogP contribution in [0.5, 0.6) is 0 Å². The topological polar surface area (TPSA) is 113 Å². The number of ether oxygens (including phenoxy) is 1. The van der Waals surface area contributed by atoms with Crippen molar-refractivity contribution < 1.29 is 9.53 Å². The molecule has 1 saturated heterocycles. The second kappa shape index (κ2) is 8.71. The highest BCUT2D eigenvalue weighted by Crippen LogP contribution is 2.38. The van der Waals surface area contributed by atoms with Gasteiger partial charge < -0.3 is 10.1 Å². The van der Waals surface area contributed by atoms with Crippen molar-refractivity contribution in [3.05, 3.63) is 71.3 Å². The fourth-order valence-electron chi connectivity index (χ4n) is 4.36. The van der Waals surface area contributed by atoms with Gasteiger partial charge in [0.25, 0.3) is 0 Å². The molecule has 1 unspecified atom stereocenters. The third-order valence-electron chi connectivity index (χ3n) is 6.00. The number of nitrogens with one attached hydrogen (secondary N) is 4. The van der Waals surface area contributed by atoms with Gasteiger partial charge in [-0.15, -0.1) is 0 Å². The average Bonchev–Trinajstić information content (AvgIpc) is 3.12. The molecule has 31 heavy (non-hydrogen) atoms. The van der Waals surface area contributed by atoms with Gasteiger partial charge in [0.05, 0.1) is 6.04 Å². The van der Waals surface area contributed by atoms with E-state index < -0.39 is 0 Å². The van der Waals surface area contributed by atoms with E-state index in [1.54, 1.807) is 11.0 Å². The molecule has 0 radical (unpaired) electrons. The Morgan fingerprint density at radius 2 is 1.77 bits per heavy atom. The summed E-state index contributed by atoms with van der Waals surface area (Å²) in [5, 5.41) is 26.7. The van der Waals surface area contributed by atoms with Gasteiger partial charge in [-0.3, -0.25) is 21.1 Å². The molecule has 0 spiro atoms. The van der Waals surface area contributed by atoms with Gasteiger partial charge in [0, 0.05) is 24.9 Å². The van der Waals surface area contributed by atoms with E-state index in [1.807, 2.05) is 48.5 Å². The number of rotatable bonds is 4. The SMILES string of the molecule is CC(=N)OC(=N)c1cccc(C2CC(NC(=O)N3C(=N)CCC3c3ccccc3)C2)c1. The number of carbonyl (C=O) groups excluding carboxylic acids is 1. The lowest BCUT2D eigenvalue weighted by atomic mass is 9.75. The Kier molecular flexibility index (Phi) is 5.84. The molecule has 2 aromatic rings. The molecule has 7 heteroatoms. The average molecular weight is 418 g/mol. The van der Waals surface area contributed by atoms with Crippen molar-refractivity contribution >= 4 is 23.7 Å². The van der Waals surface area contributed by atoms with Crippen LogP contribution in [0.15, 0.2) is 54.6 Å². The summed E-state index contributed by atoms with van der Waals surface area (Å²) in [6, 6.07) is 17.4. The van der Waals surface area contributed by atoms with Gasteiger partial charge in [-0.1, -0.05) is 42.5 Å². The van der Waals surface area contributed by atoms with Crippen LogP contribution >= 0.6 is 0 Å². The van der Waals surface area contributed by atoms with Crippen molar-refractivity contribution in [2.45, 2.75) is 50.6 Å². The number of amides is 2. The van der Waals surface area contributed by atoms with E-state index >= 15 is 0 Å². The van der Waals surface area contributed by atoms with Crippen LogP contribution in [-0.2, 0) is 4.74 Å². The lowest BCUT2D eigenvalue weighted by molar-refractivity contribution is 0.195. The number of amidine groups is 1. The lowest BCUT2D eigenvalue weighted by Gasteiger charge is -2.38. The highest BCUT2D eigenvalue weighted by molar-refractivity contribution is 5.99. The van der Waals surface area contributed by atoms with Crippen LogP contribution in [0.25, 0.3) is 0 Å². The van der Waals surface area contributed by atoms with Gasteiger partial charge in [0.2, 0.25) is 5.90 Å². The monoisotopic (exact) mass is 417 g/mol. The molecule has 2 fully saturated rings. The van der Waals surface area contributed by atoms with Crippen LogP contribution in [0.3, 0.4) is 0 Å². The minimum Gasteiger partial charge on any atom is -0.426 e. The molecular weight excluding hydrogens is 390 g/mol. The second-order valence-corrected chi connectivity index (χ2v) is 8.21. The Morgan fingerprint density at radius 3 is 2.48 bits per heavy atom. The van der Waals surface area contributed by atoms with E-state index in [-0.39, 0.29) is 29.9 Å².